The second-order valence-corrected chi connectivity index (χ2v) is 4.75. The van der Waals surface area contributed by atoms with Gasteiger partial charge in [-0.3, -0.25) is 14.9 Å². The number of carbonyl (C=O) groups is 1. The van der Waals surface area contributed by atoms with Crippen LogP contribution in [0.25, 0.3) is 0 Å². The lowest BCUT2D eigenvalue weighted by Crippen LogP contribution is -2.34. The number of hydrogen-bond donors (Lipinski definition) is 2. The number of nitrogen functional groups attached to an aromatic ring is 1. The largest absolute Gasteiger partial charge is 0.396 e. The van der Waals surface area contributed by atoms with Crippen LogP contribution in [0.3, 0.4) is 0 Å². The fraction of sp³-hybridized carbons (Fsp3) is 0.417. The van der Waals surface area contributed by atoms with Crippen molar-refractivity contribution in [3.63, 3.8) is 0 Å². The standard InChI is InChI=1S/C12H14FN3O3/c1-6(7-2-3-7)15-12(17)8-4-10(14)9(13)5-11(8)16(18)19/h4-7H,2-3,14H2,1H3,(H,15,17). The summed E-state index contributed by atoms with van der Waals surface area (Å²) in [5, 5.41) is 13.5. The molecular weight excluding hydrogens is 253 g/mol. The molecule has 1 saturated carbocycles. The van der Waals surface area contributed by atoms with Crippen molar-refractivity contribution in [2.75, 3.05) is 5.73 Å². The van der Waals surface area contributed by atoms with Crippen LogP contribution in [0.4, 0.5) is 15.8 Å². The fourth-order valence-corrected chi connectivity index (χ4v) is 1.91. The maximum absolute atomic E-state index is 13.2. The minimum absolute atomic E-state index is 0.0571. The van der Waals surface area contributed by atoms with Crippen molar-refractivity contribution >= 4 is 17.3 Å². The number of nitro benzene ring substituents is 1. The van der Waals surface area contributed by atoms with Crippen LogP contribution in [0.1, 0.15) is 30.1 Å². The van der Waals surface area contributed by atoms with Crippen molar-refractivity contribution in [3.05, 3.63) is 33.6 Å². The van der Waals surface area contributed by atoms with Crippen molar-refractivity contribution in [3.8, 4) is 0 Å². The Hall–Kier alpha value is -2.18. The summed E-state index contributed by atoms with van der Waals surface area (Å²) in [7, 11) is 0. The second-order valence-electron chi connectivity index (χ2n) is 4.75. The number of nitrogens with two attached hydrogens (primary N) is 1. The van der Waals surface area contributed by atoms with Gasteiger partial charge in [-0.15, -0.1) is 0 Å². The summed E-state index contributed by atoms with van der Waals surface area (Å²) in [6.07, 6.45) is 2.07. The van der Waals surface area contributed by atoms with Crippen LogP contribution < -0.4 is 11.1 Å². The molecule has 0 spiro atoms. The highest BCUT2D eigenvalue weighted by Gasteiger charge is 2.31. The number of hydrogen-bond acceptors (Lipinski definition) is 4. The summed E-state index contributed by atoms with van der Waals surface area (Å²) in [5.74, 6) is -1.09. The molecule has 1 aromatic carbocycles. The zero-order valence-electron chi connectivity index (χ0n) is 10.4. The van der Waals surface area contributed by atoms with Gasteiger partial charge in [0.2, 0.25) is 0 Å². The van der Waals surface area contributed by atoms with Crippen LogP contribution in [-0.2, 0) is 0 Å². The number of amides is 1. The Morgan fingerprint density at radius 2 is 2.21 bits per heavy atom. The van der Waals surface area contributed by atoms with Gasteiger partial charge in [-0.05, 0) is 31.7 Å². The predicted molar refractivity (Wildman–Crippen MR) is 67.1 cm³/mol. The Morgan fingerprint density at radius 1 is 1.58 bits per heavy atom. The highest BCUT2D eigenvalue weighted by molar-refractivity contribution is 5.99. The summed E-state index contributed by atoms with van der Waals surface area (Å²) < 4.78 is 13.2. The van der Waals surface area contributed by atoms with Crippen molar-refractivity contribution in [2.45, 2.75) is 25.8 Å². The molecule has 0 heterocycles. The number of anilines is 1. The molecule has 1 aliphatic carbocycles. The molecule has 1 unspecified atom stereocenters. The van der Waals surface area contributed by atoms with E-state index in [-0.39, 0.29) is 17.3 Å². The maximum Gasteiger partial charge on any atom is 0.285 e. The number of rotatable bonds is 4. The van der Waals surface area contributed by atoms with Crippen LogP contribution in [0.2, 0.25) is 0 Å². The van der Waals surface area contributed by atoms with Crippen LogP contribution in [-0.4, -0.2) is 16.9 Å². The van der Waals surface area contributed by atoms with E-state index in [0.717, 1.165) is 18.9 Å². The van der Waals surface area contributed by atoms with Gasteiger partial charge in [0.05, 0.1) is 16.7 Å². The molecule has 0 aliphatic heterocycles. The molecule has 2 rings (SSSR count). The van der Waals surface area contributed by atoms with Crippen molar-refractivity contribution in [1.82, 2.24) is 5.32 Å². The Kier molecular flexibility index (Phi) is 3.37. The van der Waals surface area contributed by atoms with Crippen molar-refractivity contribution < 1.29 is 14.1 Å². The van der Waals surface area contributed by atoms with Gasteiger partial charge in [0.1, 0.15) is 5.56 Å². The molecule has 7 heteroatoms. The SMILES string of the molecule is CC(NC(=O)c1cc(N)c(F)cc1[N+](=O)[O-])C1CC1. The molecule has 0 saturated heterocycles. The number of halogens is 1. The fourth-order valence-electron chi connectivity index (χ4n) is 1.91. The smallest absolute Gasteiger partial charge is 0.285 e. The predicted octanol–water partition coefficient (Wildman–Crippen LogP) is 1.84. The third-order valence-electron chi connectivity index (χ3n) is 3.24. The molecular formula is C12H14FN3O3. The van der Waals surface area contributed by atoms with Crippen molar-refractivity contribution in [2.24, 2.45) is 5.92 Å². The average Bonchev–Trinajstić information content (AvgIpc) is 3.15. The van der Waals surface area contributed by atoms with Gasteiger partial charge in [0, 0.05) is 6.04 Å². The first-order chi connectivity index (χ1) is 8.90. The first-order valence-corrected chi connectivity index (χ1v) is 5.94. The third kappa shape index (κ3) is 2.81. The molecule has 1 aliphatic rings. The first-order valence-electron chi connectivity index (χ1n) is 5.94. The molecule has 0 bridgehead atoms. The van der Waals surface area contributed by atoms with Gasteiger partial charge in [-0.1, -0.05) is 0 Å². The van der Waals surface area contributed by atoms with E-state index >= 15 is 0 Å². The Morgan fingerprint density at radius 3 is 2.74 bits per heavy atom. The van der Waals surface area contributed by atoms with Crippen LogP contribution in [0, 0.1) is 21.8 Å². The molecule has 0 aromatic heterocycles. The normalized spacial score (nSPS) is 15.9. The zero-order chi connectivity index (χ0) is 14.2. The molecule has 1 amide bonds. The van der Waals surface area contributed by atoms with Gasteiger partial charge in [0.15, 0.2) is 5.82 Å². The Labute approximate surface area is 108 Å². The summed E-state index contributed by atoms with van der Waals surface area (Å²) in [6.45, 7) is 1.84. The van der Waals surface area contributed by atoms with Gasteiger partial charge < -0.3 is 11.1 Å². The summed E-state index contributed by atoms with van der Waals surface area (Å²) in [6, 6.07) is 1.62. The van der Waals surface area contributed by atoms with E-state index in [2.05, 4.69) is 5.32 Å². The zero-order valence-corrected chi connectivity index (χ0v) is 10.4. The monoisotopic (exact) mass is 267 g/mol. The lowest BCUT2D eigenvalue weighted by atomic mass is 10.1. The Bertz CT molecular complexity index is 543. The maximum atomic E-state index is 13.2. The van der Waals surface area contributed by atoms with E-state index in [1.54, 1.807) is 0 Å². The highest BCUT2D eigenvalue weighted by Crippen LogP contribution is 2.33. The number of carbonyl (C=O) groups excluding carboxylic acids is 1. The highest BCUT2D eigenvalue weighted by atomic mass is 19.1. The molecule has 19 heavy (non-hydrogen) atoms. The van der Waals surface area contributed by atoms with E-state index < -0.39 is 22.3 Å². The third-order valence-corrected chi connectivity index (χ3v) is 3.24. The van der Waals surface area contributed by atoms with Crippen LogP contribution in [0.5, 0.6) is 0 Å². The second kappa shape index (κ2) is 4.83. The molecule has 0 radical (unpaired) electrons. The Balaban J connectivity index is 2.28. The summed E-state index contributed by atoms with van der Waals surface area (Å²) in [5.41, 5.74) is 4.28. The first kappa shape index (κ1) is 13.3. The molecule has 3 N–H and O–H groups in total. The van der Waals surface area contributed by atoms with E-state index in [0.29, 0.717) is 12.0 Å². The van der Waals surface area contributed by atoms with Gasteiger partial charge in [-0.25, -0.2) is 4.39 Å². The topological polar surface area (TPSA) is 98.3 Å². The lowest BCUT2D eigenvalue weighted by Gasteiger charge is -2.13. The van der Waals surface area contributed by atoms with Gasteiger partial charge >= 0.3 is 0 Å². The van der Waals surface area contributed by atoms with E-state index in [4.69, 9.17) is 5.73 Å². The summed E-state index contributed by atoms with van der Waals surface area (Å²) in [4.78, 5) is 22.0. The lowest BCUT2D eigenvalue weighted by molar-refractivity contribution is -0.385. The van der Waals surface area contributed by atoms with Crippen LogP contribution >= 0.6 is 0 Å². The summed E-state index contributed by atoms with van der Waals surface area (Å²) >= 11 is 0. The van der Waals surface area contributed by atoms with Gasteiger partial charge in [-0.2, -0.15) is 0 Å². The van der Waals surface area contributed by atoms with Crippen LogP contribution in [0.15, 0.2) is 12.1 Å². The number of nitrogens with zero attached hydrogens (tertiary/aromatic N) is 1. The number of nitrogens with one attached hydrogen (secondary N) is 1. The molecule has 1 atom stereocenters. The minimum Gasteiger partial charge on any atom is -0.396 e. The molecule has 1 fully saturated rings. The van der Waals surface area contributed by atoms with E-state index in [1.165, 1.54) is 0 Å². The minimum atomic E-state index is -0.904. The average molecular weight is 267 g/mol. The van der Waals surface area contributed by atoms with Gasteiger partial charge in [0.25, 0.3) is 11.6 Å². The number of nitro groups is 1. The molecule has 102 valence electrons. The van der Waals surface area contributed by atoms with E-state index in [9.17, 15) is 19.3 Å². The molecule has 1 aromatic rings. The molecule has 6 nitrogen and oxygen atoms in total. The quantitative estimate of drug-likeness (QED) is 0.494. The van der Waals surface area contributed by atoms with Crippen molar-refractivity contribution in [1.29, 1.82) is 0 Å². The number of benzene rings is 1. The van der Waals surface area contributed by atoms with E-state index in [1.807, 2.05) is 6.92 Å².